The van der Waals surface area contributed by atoms with Gasteiger partial charge in [0.15, 0.2) is 0 Å². The number of hydrogen-bond acceptors (Lipinski definition) is 3. The molecule has 144 valence electrons. The van der Waals surface area contributed by atoms with Crippen molar-refractivity contribution < 1.29 is 14.2 Å². The van der Waals surface area contributed by atoms with E-state index in [1.807, 2.05) is 10.9 Å². The lowest BCUT2D eigenvalue weighted by molar-refractivity contribution is -0.0882. The quantitative estimate of drug-likeness (QED) is 0.799. The Kier molecular flexibility index (Phi) is 4.68. The Morgan fingerprint density at radius 1 is 1.30 bits per heavy atom. The van der Waals surface area contributed by atoms with E-state index in [0.29, 0.717) is 6.61 Å². The molecule has 0 radical (unpaired) electrons. The highest BCUT2D eigenvalue weighted by Gasteiger charge is 2.52. The molecule has 0 saturated heterocycles. The highest BCUT2D eigenvalue weighted by Crippen LogP contribution is 2.54. The molecule has 0 amide bonds. The van der Waals surface area contributed by atoms with Gasteiger partial charge in [-0.05, 0) is 74.4 Å². The van der Waals surface area contributed by atoms with E-state index in [9.17, 15) is 9.50 Å². The zero-order valence-corrected chi connectivity index (χ0v) is 16.0. The van der Waals surface area contributed by atoms with Gasteiger partial charge in [0.25, 0.3) is 0 Å². The molecule has 1 saturated carbocycles. The second kappa shape index (κ2) is 6.88. The van der Waals surface area contributed by atoms with Crippen LogP contribution in [0, 0.1) is 11.2 Å². The summed E-state index contributed by atoms with van der Waals surface area (Å²) in [6.45, 7) is 2.87. The van der Waals surface area contributed by atoms with Crippen LogP contribution in [0.5, 0.6) is 0 Å². The van der Waals surface area contributed by atoms with Gasteiger partial charge in [-0.3, -0.25) is 0 Å². The number of ether oxygens (including phenoxy) is 1. The van der Waals surface area contributed by atoms with Gasteiger partial charge >= 0.3 is 0 Å². The fourth-order valence-electron chi connectivity index (χ4n) is 4.86. The summed E-state index contributed by atoms with van der Waals surface area (Å²) in [4.78, 5) is 0. The van der Waals surface area contributed by atoms with E-state index in [0.717, 1.165) is 55.5 Å². The molecule has 0 unspecified atom stereocenters. The smallest absolute Gasteiger partial charge is 0.123 e. The molecule has 0 spiro atoms. The third-order valence-electron chi connectivity index (χ3n) is 6.52. The Hall–Kier alpha value is -1.98. The fourth-order valence-corrected chi connectivity index (χ4v) is 4.86. The van der Waals surface area contributed by atoms with Gasteiger partial charge < -0.3 is 9.84 Å². The number of halogens is 1. The number of rotatable bonds is 5. The lowest BCUT2D eigenvalue weighted by atomic mass is 9.56. The maximum absolute atomic E-state index is 13.3. The highest BCUT2D eigenvalue weighted by atomic mass is 19.1. The minimum Gasteiger partial charge on any atom is -0.389 e. The number of aliphatic hydroxyl groups is 1. The number of fused-ring (bicyclic) bond motifs is 2. The minimum absolute atomic E-state index is 0.251. The summed E-state index contributed by atoms with van der Waals surface area (Å²) < 4.78 is 20.3. The Balaban J connectivity index is 1.70. The van der Waals surface area contributed by atoms with Crippen molar-refractivity contribution in [2.45, 2.75) is 51.0 Å². The molecular formula is C22H27FN2O2. The Morgan fingerprint density at radius 2 is 2.07 bits per heavy atom. The van der Waals surface area contributed by atoms with E-state index in [1.54, 1.807) is 19.2 Å². The van der Waals surface area contributed by atoms with Crippen molar-refractivity contribution in [3.8, 4) is 5.69 Å². The van der Waals surface area contributed by atoms with Gasteiger partial charge in [0.05, 0.1) is 23.2 Å². The van der Waals surface area contributed by atoms with Gasteiger partial charge in [0, 0.05) is 19.1 Å². The van der Waals surface area contributed by atoms with Crippen LogP contribution in [-0.4, -0.2) is 34.2 Å². The Labute approximate surface area is 159 Å². The number of nitrogens with zero attached hydrogens (tertiary/aromatic N) is 2. The highest BCUT2D eigenvalue weighted by molar-refractivity contribution is 5.62. The summed E-state index contributed by atoms with van der Waals surface area (Å²) in [5.74, 6) is -0.251. The molecule has 1 N–H and O–H groups in total. The third-order valence-corrected chi connectivity index (χ3v) is 6.52. The molecule has 0 aliphatic heterocycles. The number of benzene rings is 1. The summed E-state index contributed by atoms with van der Waals surface area (Å²) in [5.41, 5.74) is 3.34. The van der Waals surface area contributed by atoms with E-state index in [4.69, 9.17) is 4.74 Å². The van der Waals surface area contributed by atoms with Crippen LogP contribution >= 0.6 is 0 Å². The van der Waals surface area contributed by atoms with Crippen LogP contribution in [0.25, 0.3) is 11.8 Å². The topological polar surface area (TPSA) is 47.3 Å². The van der Waals surface area contributed by atoms with Crippen molar-refractivity contribution in [3.05, 3.63) is 53.1 Å². The maximum atomic E-state index is 13.3. The molecule has 2 atom stereocenters. The first kappa shape index (κ1) is 18.4. The van der Waals surface area contributed by atoms with E-state index in [1.165, 1.54) is 17.7 Å². The standard InChI is InChI=1S/C22H27FN2O2/c1-21-14-16-15-24-25(19-8-6-18(23)7-9-19)20(16)13-17(21)5-3-10-22(21,26)11-4-12-27-2/h6-9,13,15,26H,3-5,10-12,14H2,1-2H3/t21-,22+/m0/s1. The van der Waals surface area contributed by atoms with Gasteiger partial charge in [-0.25, -0.2) is 9.07 Å². The van der Waals surface area contributed by atoms with Crippen molar-refractivity contribution in [2.75, 3.05) is 13.7 Å². The van der Waals surface area contributed by atoms with Gasteiger partial charge in [-0.2, -0.15) is 5.10 Å². The second-order valence-electron chi connectivity index (χ2n) is 8.10. The van der Waals surface area contributed by atoms with Crippen molar-refractivity contribution in [1.82, 2.24) is 9.78 Å². The van der Waals surface area contributed by atoms with Crippen LogP contribution in [-0.2, 0) is 11.2 Å². The van der Waals surface area contributed by atoms with Crippen LogP contribution in [0.15, 0.2) is 36.0 Å². The predicted octanol–water partition coefficient (Wildman–Crippen LogP) is 4.30. The summed E-state index contributed by atoms with van der Waals surface area (Å²) >= 11 is 0. The first-order valence-corrected chi connectivity index (χ1v) is 9.72. The van der Waals surface area contributed by atoms with Crippen molar-refractivity contribution in [1.29, 1.82) is 0 Å². The minimum atomic E-state index is -0.717. The van der Waals surface area contributed by atoms with Crippen LogP contribution < -0.4 is 0 Å². The van der Waals surface area contributed by atoms with Crippen LogP contribution in [0.2, 0.25) is 0 Å². The number of aromatic nitrogens is 2. The zero-order valence-electron chi connectivity index (χ0n) is 16.0. The molecule has 2 aliphatic carbocycles. The van der Waals surface area contributed by atoms with E-state index in [-0.39, 0.29) is 11.2 Å². The summed E-state index contributed by atoms with van der Waals surface area (Å²) in [6, 6.07) is 6.41. The molecule has 1 aromatic carbocycles. The maximum Gasteiger partial charge on any atom is 0.123 e. The lowest BCUT2D eigenvalue weighted by Crippen LogP contribution is -2.52. The molecule has 0 bridgehead atoms. The molecule has 1 aromatic heterocycles. The van der Waals surface area contributed by atoms with Gasteiger partial charge in [-0.1, -0.05) is 12.5 Å². The second-order valence-corrected chi connectivity index (χ2v) is 8.10. The average Bonchev–Trinajstić information content (AvgIpc) is 3.04. The SMILES string of the molecule is COCCC[C@]1(O)CCCC2=Cc3c(cnn3-c3ccc(F)cc3)C[C@@]21C. The van der Waals surface area contributed by atoms with Gasteiger partial charge in [-0.15, -0.1) is 0 Å². The summed E-state index contributed by atoms with van der Waals surface area (Å²) in [6.07, 6.45) is 9.29. The zero-order chi connectivity index (χ0) is 19.1. The van der Waals surface area contributed by atoms with Gasteiger partial charge in [0.1, 0.15) is 5.82 Å². The lowest BCUT2D eigenvalue weighted by Gasteiger charge is -2.52. The molecule has 2 aliphatic rings. The molecule has 4 rings (SSSR count). The molecule has 1 heterocycles. The summed E-state index contributed by atoms with van der Waals surface area (Å²) in [5, 5.41) is 16.1. The normalized spacial score (nSPS) is 27.0. The van der Waals surface area contributed by atoms with E-state index < -0.39 is 5.60 Å². The molecule has 1 fully saturated rings. The van der Waals surface area contributed by atoms with Gasteiger partial charge in [0.2, 0.25) is 0 Å². The van der Waals surface area contributed by atoms with E-state index >= 15 is 0 Å². The number of hydrogen-bond donors (Lipinski definition) is 1. The van der Waals surface area contributed by atoms with Crippen molar-refractivity contribution >= 4 is 6.08 Å². The molecular weight excluding hydrogens is 343 g/mol. The summed E-state index contributed by atoms with van der Waals surface area (Å²) in [7, 11) is 1.70. The van der Waals surface area contributed by atoms with Crippen LogP contribution in [0.3, 0.4) is 0 Å². The van der Waals surface area contributed by atoms with E-state index in [2.05, 4.69) is 18.1 Å². The Bertz CT molecular complexity index is 858. The predicted molar refractivity (Wildman–Crippen MR) is 103 cm³/mol. The van der Waals surface area contributed by atoms with Crippen LogP contribution in [0.1, 0.15) is 50.3 Å². The molecule has 4 nitrogen and oxygen atoms in total. The largest absolute Gasteiger partial charge is 0.389 e. The van der Waals surface area contributed by atoms with Crippen molar-refractivity contribution in [2.24, 2.45) is 5.41 Å². The number of methoxy groups -OCH3 is 1. The first-order valence-electron chi connectivity index (χ1n) is 9.72. The van der Waals surface area contributed by atoms with Crippen LogP contribution in [0.4, 0.5) is 4.39 Å². The molecule has 2 aromatic rings. The average molecular weight is 370 g/mol. The Morgan fingerprint density at radius 3 is 2.81 bits per heavy atom. The van der Waals surface area contributed by atoms with Crippen molar-refractivity contribution in [3.63, 3.8) is 0 Å². The molecule has 5 heteroatoms. The first-order chi connectivity index (χ1) is 13.0. The third kappa shape index (κ3) is 3.03. The monoisotopic (exact) mass is 370 g/mol. The molecule has 27 heavy (non-hydrogen) atoms. The fraction of sp³-hybridized carbons (Fsp3) is 0.500.